The van der Waals surface area contributed by atoms with Crippen LogP contribution >= 0.6 is 0 Å². The van der Waals surface area contributed by atoms with E-state index in [1.54, 1.807) is 24.3 Å². The van der Waals surface area contributed by atoms with Crippen LogP contribution in [0, 0.1) is 13.8 Å². The van der Waals surface area contributed by atoms with Crippen LogP contribution in [0.15, 0.2) is 83.8 Å². The Kier molecular flexibility index (Phi) is 7.25. The molecule has 162 valence electrons. The average molecular weight is 437 g/mol. The minimum absolute atomic E-state index is 0.116. The first-order valence-corrected chi connectivity index (χ1v) is 11.7. The maximum Gasteiger partial charge on any atom is 0.243 e. The second kappa shape index (κ2) is 9.90. The van der Waals surface area contributed by atoms with E-state index < -0.39 is 10.0 Å². The van der Waals surface area contributed by atoms with E-state index in [1.807, 2.05) is 75.4 Å². The normalized spacial score (nSPS) is 12.5. The summed E-state index contributed by atoms with van der Waals surface area (Å²) in [6.07, 6.45) is 0. The number of hydrogen-bond acceptors (Lipinski definition) is 3. The minimum atomic E-state index is -3.85. The van der Waals surface area contributed by atoms with Crippen LogP contribution in [0.2, 0.25) is 0 Å². The molecule has 0 aliphatic rings. The third-order valence-electron chi connectivity index (χ3n) is 5.10. The van der Waals surface area contributed by atoms with E-state index in [9.17, 15) is 13.2 Å². The highest BCUT2D eigenvalue weighted by Crippen LogP contribution is 2.20. The van der Waals surface area contributed by atoms with Gasteiger partial charge in [-0.2, -0.15) is 4.31 Å². The minimum Gasteiger partial charge on any atom is -0.348 e. The summed E-state index contributed by atoms with van der Waals surface area (Å²) in [4.78, 5) is 13.0. The van der Waals surface area contributed by atoms with Crippen molar-refractivity contribution in [2.75, 3.05) is 6.54 Å². The zero-order valence-electron chi connectivity index (χ0n) is 18.1. The number of hydrogen-bond donors (Lipinski definition) is 1. The molecule has 0 aromatic heterocycles. The molecule has 31 heavy (non-hydrogen) atoms. The Balaban J connectivity index is 1.84. The number of amides is 1. The summed E-state index contributed by atoms with van der Waals surface area (Å²) in [5.74, 6) is -0.348. The number of sulfonamides is 1. The number of nitrogens with zero attached hydrogens (tertiary/aromatic N) is 1. The number of carbonyl (C=O) groups is 1. The smallest absolute Gasteiger partial charge is 0.243 e. The first kappa shape index (κ1) is 22.7. The zero-order chi connectivity index (χ0) is 22.4. The average Bonchev–Trinajstić information content (AvgIpc) is 2.74. The lowest BCUT2D eigenvalue weighted by Crippen LogP contribution is -2.41. The highest BCUT2D eigenvalue weighted by atomic mass is 32.2. The van der Waals surface area contributed by atoms with Crippen LogP contribution in [0.4, 0.5) is 0 Å². The predicted molar refractivity (Wildman–Crippen MR) is 123 cm³/mol. The number of nitrogens with one attached hydrogen (secondary N) is 1. The van der Waals surface area contributed by atoms with Gasteiger partial charge in [0, 0.05) is 6.54 Å². The molecule has 0 radical (unpaired) electrons. The standard InChI is InChI=1S/C25H28N2O3S/c1-19-12-14-24(15-13-19)31(29,30)27(17-22-9-7-8-20(2)16-22)18-25(28)26-21(3)23-10-5-4-6-11-23/h4-16,21H,17-18H2,1-3H3,(H,26,28)/t21-/m0/s1. The van der Waals surface area contributed by atoms with Crippen molar-refractivity contribution in [3.8, 4) is 0 Å². The molecule has 0 aliphatic heterocycles. The van der Waals surface area contributed by atoms with Crippen LogP contribution in [0.25, 0.3) is 0 Å². The zero-order valence-corrected chi connectivity index (χ0v) is 18.9. The summed E-state index contributed by atoms with van der Waals surface area (Å²) in [7, 11) is -3.85. The van der Waals surface area contributed by atoms with Gasteiger partial charge in [-0.3, -0.25) is 4.79 Å². The van der Waals surface area contributed by atoms with Crippen molar-refractivity contribution in [1.82, 2.24) is 9.62 Å². The second-order valence-electron chi connectivity index (χ2n) is 7.78. The molecular formula is C25H28N2O3S. The molecule has 6 heteroatoms. The van der Waals surface area contributed by atoms with Crippen LogP contribution in [0.1, 0.15) is 35.2 Å². The highest BCUT2D eigenvalue weighted by Gasteiger charge is 2.27. The summed E-state index contributed by atoms with van der Waals surface area (Å²) in [5, 5.41) is 2.91. The molecule has 0 spiro atoms. The molecule has 0 heterocycles. The van der Waals surface area contributed by atoms with Gasteiger partial charge in [0.25, 0.3) is 0 Å². The Morgan fingerprint density at radius 2 is 1.58 bits per heavy atom. The van der Waals surface area contributed by atoms with Crippen molar-refractivity contribution in [2.45, 2.75) is 38.3 Å². The van der Waals surface area contributed by atoms with Gasteiger partial charge in [-0.1, -0.05) is 77.9 Å². The van der Waals surface area contributed by atoms with Crippen LogP contribution in [0.3, 0.4) is 0 Å². The van der Waals surface area contributed by atoms with Crippen molar-refractivity contribution in [3.63, 3.8) is 0 Å². The fourth-order valence-corrected chi connectivity index (χ4v) is 4.76. The van der Waals surface area contributed by atoms with Crippen LogP contribution in [0.5, 0.6) is 0 Å². The van der Waals surface area contributed by atoms with E-state index in [1.165, 1.54) is 4.31 Å². The first-order chi connectivity index (χ1) is 14.8. The van der Waals surface area contributed by atoms with E-state index in [4.69, 9.17) is 0 Å². The highest BCUT2D eigenvalue weighted by molar-refractivity contribution is 7.89. The number of rotatable bonds is 8. The summed E-state index contributed by atoms with van der Waals surface area (Å²) in [6, 6.07) is 23.7. The molecule has 1 atom stereocenters. The molecule has 0 saturated heterocycles. The molecule has 0 fully saturated rings. The third-order valence-corrected chi connectivity index (χ3v) is 6.90. The summed E-state index contributed by atoms with van der Waals surface area (Å²) in [6.45, 7) is 5.59. The van der Waals surface area contributed by atoms with E-state index in [0.717, 1.165) is 22.3 Å². The van der Waals surface area contributed by atoms with Crippen molar-refractivity contribution in [2.24, 2.45) is 0 Å². The lowest BCUT2D eigenvalue weighted by molar-refractivity contribution is -0.122. The van der Waals surface area contributed by atoms with Gasteiger partial charge in [0.1, 0.15) is 0 Å². The SMILES string of the molecule is Cc1ccc(S(=O)(=O)N(CC(=O)N[C@@H](C)c2ccccc2)Cc2cccc(C)c2)cc1. The van der Waals surface area contributed by atoms with Crippen molar-refractivity contribution in [1.29, 1.82) is 0 Å². The molecule has 1 N–H and O–H groups in total. The fourth-order valence-electron chi connectivity index (χ4n) is 3.37. The molecule has 3 rings (SSSR count). The summed E-state index contributed by atoms with van der Waals surface area (Å²) < 4.78 is 28.0. The van der Waals surface area contributed by atoms with E-state index >= 15 is 0 Å². The van der Waals surface area contributed by atoms with Crippen molar-refractivity contribution < 1.29 is 13.2 Å². The fraction of sp³-hybridized carbons (Fsp3) is 0.240. The molecule has 0 saturated carbocycles. The lowest BCUT2D eigenvalue weighted by atomic mass is 10.1. The van der Waals surface area contributed by atoms with Gasteiger partial charge in [0.2, 0.25) is 15.9 Å². The van der Waals surface area contributed by atoms with Gasteiger partial charge in [-0.15, -0.1) is 0 Å². The predicted octanol–water partition coefficient (Wildman–Crippen LogP) is 4.37. The summed E-state index contributed by atoms with van der Waals surface area (Å²) in [5.41, 5.74) is 3.80. The number of carbonyl (C=O) groups excluding carboxylic acids is 1. The largest absolute Gasteiger partial charge is 0.348 e. The molecule has 0 bridgehead atoms. The van der Waals surface area contributed by atoms with E-state index in [2.05, 4.69) is 5.32 Å². The molecular weight excluding hydrogens is 408 g/mol. The Bertz CT molecular complexity index is 1130. The monoisotopic (exact) mass is 436 g/mol. The van der Waals surface area contributed by atoms with Crippen LogP contribution < -0.4 is 5.32 Å². The van der Waals surface area contributed by atoms with Crippen molar-refractivity contribution >= 4 is 15.9 Å². The molecule has 5 nitrogen and oxygen atoms in total. The van der Waals surface area contributed by atoms with Gasteiger partial charge >= 0.3 is 0 Å². The van der Waals surface area contributed by atoms with Gasteiger partial charge in [-0.05, 0) is 44.0 Å². The Morgan fingerprint density at radius 3 is 2.23 bits per heavy atom. The Hall–Kier alpha value is -2.96. The molecule has 1 amide bonds. The topological polar surface area (TPSA) is 66.5 Å². The van der Waals surface area contributed by atoms with Crippen molar-refractivity contribution in [3.05, 3.63) is 101 Å². The number of aryl methyl sites for hydroxylation is 2. The van der Waals surface area contributed by atoms with Gasteiger partial charge in [-0.25, -0.2) is 8.42 Å². The molecule has 3 aromatic rings. The van der Waals surface area contributed by atoms with Crippen LogP contribution in [-0.4, -0.2) is 25.2 Å². The van der Waals surface area contributed by atoms with Crippen LogP contribution in [-0.2, 0) is 21.4 Å². The maximum atomic E-state index is 13.4. The van der Waals surface area contributed by atoms with Gasteiger partial charge in [0.15, 0.2) is 0 Å². The third kappa shape index (κ3) is 6.03. The number of benzene rings is 3. The summed E-state index contributed by atoms with van der Waals surface area (Å²) >= 11 is 0. The van der Waals surface area contributed by atoms with E-state index in [0.29, 0.717) is 0 Å². The molecule has 0 aliphatic carbocycles. The quantitative estimate of drug-likeness (QED) is 0.570. The lowest BCUT2D eigenvalue weighted by Gasteiger charge is -2.23. The Morgan fingerprint density at radius 1 is 0.903 bits per heavy atom. The van der Waals surface area contributed by atoms with Gasteiger partial charge < -0.3 is 5.32 Å². The molecule has 0 unspecified atom stereocenters. The Labute approximate surface area is 184 Å². The van der Waals surface area contributed by atoms with E-state index in [-0.39, 0.29) is 29.9 Å². The maximum absolute atomic E-state index is 13.4. The second-order valence-corrected chi connectivity index (χ2v) is 9.71. The van der Waals surface area contributed by atoms with Gasteiger partial charge in [0.05, 0.1) is 17.5 Å². The molecule has 3 aromatic carbocycles. The first-order valence-electron chi connectivity index (χ1n) is 10.2.